The number of carbonyl (C=O) groups excluding carboxylic acids is 1. The molecule has 0 saturated carbocycles. The molecule has 0 fully saturated rings. The van der Waals surface area contributed by atoms with Crippen LogP contribution in [0.4, 0.5) is 5.69 Å². The van der Waals surface area contributed by atoms with Gasteiger partial charge in [0.15, 0.2) is 5.76 Å². The van der Waals surface area contributed by atoms with Crippen molar-refractivity contribution in [3.63, 3.8) is 0 Å². The lowest BCUT2D eigenvalue weighted by Crippen LogP contribution is -2.37. The molecule has 228 valence electrons. The molecule has 2 aliphatic rings. The Morgan fingerprint density at radius 2 is 1.87 bits per heavy atom. The fourth-order valence-electron chi connectivity index (χ4n) is 6.66. The number of hydrogen-bond donors (Lipinski definition) is 2. The number of aliphatic hydroxyl groups excluding tert-OH is 1. The quantitative estimate of drug-likeness (QED) is 0.171. The number of thiazole rings is 1. The second-order valence-electron chi connectivity index (χ2n) is 11.8. The number of aryl methyl sites for hydroxylation is 1. The van der Waals surface area contributed by atoms with Crippen LogP contribution in [0.25, 0.3) is 31.9 Å². The first-order valence-corrected chi connectivity index (χ1v) is 16.4. The summed E-state index contributed by atoms with van der Waals surface area (Å²) < 4.78 is 13.6. The molecule has 2 N–H and O–H groups in total. The van der Waals surface area contributed by atoms with Crippen LogP contribution in [0.1, 0.15) is 47.9 Å². The van der Waals surface area contributed by atoms with Gasteiger partial charge in [0.2, 0.25) is 6.29 Å². The van der Waals surface area contributed by atoms with Crippen molar-refractivity contribution >= 4 is 33.1 Å². The Bertz CT molecular complexity index is 1890. The van der Waals surface area contributed by atoms with Crippen LogP contribution in [0.3, 0.4) is 0 Å². The van der Waals surface area contributed by atoms with Crippen molar-refractivity contribution in [3.05, 3.63) is 119 Å². The average Bonchev–Trinajstić information content (AvgIpc) is 3.66. The maximum atomic E-state index is 13.7. The molecule has 1 amide bonds. The fourth-order valence-corrected chi connectivity index (χ4v) is 7.73. The number of hydrogen-bond acceptors (Lipinski definition) is 6. The van der Waals surface area contributed by atoms with Crippen molar-refractivity contribution in [2.24, 2.45) is 5.92 Å². The zero-order chi connectivity index (χ0) is 30.9. The van der Waals surface area contributed by atoms with Crippen molar-refractivity contribution < 1.29 is 19.4 Å². The van der Waals surface area contributed by atoms with Gasteiger partial charge >= 0.3 is 0 Å². The van der Waals surface area contributed by atoms with Gasteiger partial charge in [-0.1, -0.05) is 48.5 Å². The first-order chi connectivity index (χ1) is 22.0. The van der Waals surface area contributed by atoms with Crippen LogP contribution < -0.4 is 5.32 Å². The number of amides is 1. The molecule has 7 heteroatoms. The van der Waals surface area contributed by atoms with E-state index >= 15 is 0 Å². The summed E-state index contributed by atoms with van der Waals surface area (Å²) in [5.41, 5.74) is 10.2. The molecule has 45 heavy (non-hydrogen) atoms. The molecule has 1 aliphatic carbocycles. The minimum Gasteiger partial charge on any atom is -0.459 e. The molecule has 0 unspecified atom stereocenters. The van der Waals surface area contributed by atoms with Gasteiger partial charge in [0, 0.05) is 36.3 Å². The molecule has 0 bridgehead atoms. The van der Waals surface area contributed by atoms with E-state index in [1.54, 1.807) is 11.3 Å². The molecule has 0 radical (unpaired) electrons. The normalized spacial score (nSPS) is 18.6. The highest BCUT2D eigenvalue weighted by atomic mass is 32.1. The Hall–Kier alpha value is -4.30. The molecular weight excluding hydrogens is 580 g/mol. The monoisotopic (exact) mass is 616 g/mol. The van der Waals surface area contributed by atoms with Crippen LogP contribution in [-0.4, -0.2) is 35.5 Å². The van der Waals surface area contributed by atoms with Gasteiger partial charge in [0.05, 0.1) is 10.2 Å². The standard InChI is InChI=1S/C38H36N2O4S/c1-3-43-38-30(12-7-19-41)32(29-11-6-10-28-27-9-5-4-8-25(27)21-31(28)29)22-34(44-38)36(42)39-26-16-14-24(15-17-26)37-40-33-18-13-23(2)20-35(33)45-37/h4-6,8-11,13-18,20,22,30,32,38,41H,3,7,12,19,21H2,1-2H3,(H,39,42)/t30-,32+,38+/m0/s1. The molecule has 1 aromatic heterocycles. The smallest absolute Gasteiger partial charge is 0.290 e. The molecule has 5 aromatic rings. The third-order valence-corrected chi connectivity index (χ3v) is 9.88. The highest BCUT2D eigenvalue weighted by molar-refractivity contribution is 7.21. The Morgan fingerprint density at radius 3 is 2.69 bits per heavy atom. The Morgan fingerprint density at radius 1 is 1.04 bits per heavy atom. The number of rotatable bonds is 9. The zero-order valence-corrected chi connectivity index (χ0v) is 26.3. The second kappa shape index (κ2) is 12.6. The minimum absolute atomic E-state index is 0.0549. The van der Waals surface area contributed by atoms with Gasteiger partial charge in [-0.3, -0.25) is 4.79 Å². The van der Waals surface area contributed by atoms with Gasteiger partial charge < -0.3 is 19.9 Å². The van der Waals surface area contributed by atoms with Crippen molar-refractivity contribution in [2.45, 2.75) is 45.3 Å². The summed E-state index contributed by atoms with van der Waals surface area (Å²) in [7, 11) is 0. The molecule has 2 heterocycles. The van der Waals surface area contributed by atoms with Crippen molar-refractivity contribution in [3.8, 4) is 21.7 Å². The van der Waals surface area contributed by atoms with Crippen molar-refractivity contribution in [2.75, 3.05) is 18.5 Å². The predicted molar refractivity (Wildman–Crippen MR) is 180 cm³/mol. The average molecular weight is 617 g/mol. The Balaban J connectivity index is 1.18. The summed E-state index contributed by atoms with van der Waals surface area (Å²) in [6.07, 6.45) is 3.53. The van der Waals surface area contributed by atoms with Crippen LogP contribution >= 0.6 is 11.3 Å². The van der Waals surface area contributed by atoms with Gasteiger partial charge in [-0.15, -0.1) is 11.3 Å². The summed E-state index contributed by atoms with van der Waals surface area (Å²) in [6.45, 7) is 4.56. The van der Waals surface area contributed by atoms with Crippen LogP contribution in [0.15, 0.2) is 96.8 Å². The largest absolute Gasteiger partial charge is 0.459 e. The van der Waals surface area contributed by atoms with E-state index in [1.165, 1.54) is 33.4 Å². The van der Waals surface area contributed by atoms with Gasteiger partial charge in [-0.05, 0) is 109 Å². The van der Waals surface area contributed by atoms with Crippen molar-refractivity contribution in [1.29, 1.82) is 0 Å². The zero-order valence-electron chi connectivity index (χ0n) is 25.5. The molecule has 1 aliphatic heterocycles. The molecule has 0 spiro atoms. The third kappa shape index (κ3) is 5.79. The van der Waals surface area contributed by atoms with Gasteiger partial charge in [-0.2, -0.15) is 0 Å². The maximum Gasteiger partial charge on any atom is 0.290 e. The van der Waals surface area contributed by atoms with E-state index in [9.17, 15) is 9.90 Å². The number of carbonyl (C=O) groups is 1. The van der Waals surface area contributed by atoms with E-state index in [-0.39, 0.29) is 30.1 Å². The summed E-state index contributed by atoms with van der Waals surface area (Å²) >= 11 is 1.66. The molecule has 3 atom stereocenters. The van der Waals surface area contributed by atoms with Gasteiger partial charge in [0.25, 0.3) is 5.91 Å². The third-order valence-electron chi connectivity index (χ3n) is 8.81. The maximum absolute atomic E-state index is 13.7. The first kappa shape index (κ1) is 29.4. The minimum atomic E-state index is -0.609. The lowest BCUT2D eigenvalue weighted by molar-refractivity contribution is -0.165. The number of fused-ring (bicyclic) bond motifs is 4. The molecule has 6 nitrogen and oxygen atoms in total. The van der Waals surface area contributed by atoms with Gasteiger partial charge in [0.1, 0.15) is 5.01 Å². The summed E-state index contributed by atoms with van der Waals surface area (Å²) in [6, 6.07) is 29.0. The highest BCUT2D eigenvalue weighted by Gasteiger charge is 2.39. The fraction of sp³-hybridized carbons (Fsp3) is 0.263. The van der Waals surface area contributed by atoms with E-state index < -0.39 is 6.29 Å². The van der Waals surface area contributed by atoms with E-state index in [4.69, 9.17) is 14.5 Å². The molecule has 0 saturated heterocycles. The first-order valence-electron chi connectivity index (χ1n) is 15.6. The predicted octanol–water partition coefficient (Wildman–Crippen LogP) is 8.23. The SMILES string of the molecule is CCO[C@@H]1OC(C(=O)Nc2ccc(-c3nc4ccc(C)cc4s3)cc2)=C[C@H](c2cccc3c2Cc2ccccc2-3)[C@@H]1CCCO. The summed E-state index contributed by atoms with van der Waals surface area (Å²) in [4.78, 5) is 18.5. The summed E-state index contributed by atoms with van der Waals surface area (Å²) in [5, 5.41) is 13.7. The lowest BCUT2D eigenvalue weighted by atomic mass is 9.78. The van der Waals surface area contributed by atoms with Crippen molar-refractivity contribution in [1.82, 2.24) is 4.98 Å². The number of nitrogens with zero attached hydrogens (tertiary/aromatic N) is 1. The number of allylic oxidation sites excluding steroid dienone is 1. The van der Waals surface area contributed by atoms with E-state index in [1.807, 2.05) is 37.3 Å². The van der Waals surface area contributed by atoms with Crippen LogP contribution in [0.5, 0.6) is 0 Å². The van der Waals surface area contributed by atoms with E-state index in [0.717, 1.165) is 27.2 Å². The topological polar surface area (TPSA) is 80.7 Å². The van der Waals surface area contributed by atoms with E-state index in [2.05, 4.69) is 72.9 Å². The van der Waals surface area contributed by atoms with E-state index in [0.29, 0.717) is 25.1 Å². The molecule has 7 rings (SSSR count). The van der Waals surface area contributed by atoms with Gasteiger partial charge in [-0.25, -0.2) is 4.98 Å². The number of aliphatic hydroxyl groups is 1. The number of aromatic nitrogens is 1. The highest BCUT2D eigenvalue weighted by Crippen LogP contribution is 2.46. The number of benzene rings is 4. The lowest BCUT2D eigenvalue weighted by Gasteiger charge is -2.37. The Labute approximate surface area is 267 Å². The number of ether oxygens (including phenoxy) is 2. The molecule has 4 aromatic carbocycles. The molecular formula is C38H36N2O4S. The summed E-state index contributed by atoms with van der Waals surface area (Å²) in [5.74, 6) is -0.237. The van der Waals surface area contributed by atoms with Crippen LogP contribution in [-0.2, 0) is 20.7 Å². The Kier molecular flexibility index (Phi) is 8.23. The van der Waals surface area contributed by atoms with Crippen LogP contribution in [0.2, 0.25) is 0 Å². The second-order valence-corrected chi connectivity index (χ2v) is 12.8. The number of anilines is 1. The number of nitrogens with one attached hydrogen (secondary N) is 1. The van der Waals surface area contributed by atoms with Crippen LogP contribution in [0, 0.1) is 12.8 Å².